The summed E-state index contributed by atoms with van der Waals surface area (Å²) >= 11 is 1.88. The normalized spacial score (nSPS) is 38.0. The van der Waals surface area contributed by atoms with Gasteiger partial charge in [0.15, 0.2) is 0 Å². The number of nitrogens with two attached hydrogens (primary N) is 1. The van der Waals surface area contributed by atoms with Crippen LogP contribution < -0.4 is 11.1 Å². The van der Waals surface area contributed by atoms with Gasteiger partial charge in [0.05, 0.1) is 5.92 Å². The number of amides is 1. The van der Waals surface area contributed by atoms with Gasteiger partial charge >= 0.3 is 0 Å². The number of nitrogens with one attached hydrogen (secondary N) is 1. The molecule has 2 fully saturated rings. The van der Waals surface area contributed by atoms with E-state index in [1.54, 1.807) is 0 Å². The van der Waals surface area contributed by atoms with Crippen LogP contribution in [0, 0.1) is 5.92 Å². The first kappa shape index (κ1) is 13.2. The molecule has 0 spiro atoms. The zero-order valence-electron chi connectivity index (χ0n) is 10.7. The van der Waals surface area contributed by atoms with Crippen LogP contribution in [0.4, 0.5) is 0 Å². The topological polar surface area (TPSA) is 55.1 Å². The quantitative estimate of drug-likeness (QED) is 0.811. The average molecular weight is 256 g/mol. The van der Waals surface area contributed by atoms with E-state index in [0.717, 1.165) is 25.7 Å². The molecule has 0 saturated heterocycles. The molecule has 4 atom stereocenters. The van der Waals surface area contributed by atoms with Crippen molar-refractivity contribution in [3.05, 3.63) is 0 Å². The maximum atomic E-state index is 12.2. The summed E-state index contributed by atoms with van der Waals surface area (Å²) in [5.74, 6) is 0.273. The summed E-state index contributed by atoms with van der Waals surface area (Å²) in [4.78, 5) is 12.2. The van der Waals surface area contributed by atoms with Crippen molar-refractivity contribution in [3.8, 4) is 0 Å². The summed E-state index contributed by atoms with van der Waals surface area (Å²) < 4.78 is 0. The Morgan fingerprint density at radius 2 is 1.94 bits per heavy atom. The van der Waals surface area contributed by atoms with Crippen LogP contribution in [0.15, 0.2) is 0 Å². The molecular formula is C13H24N2OS. The second kappa shape index (κ2) is 6.10. The van der Waals surface area contributed by atoms with Crippen molar-refractivity contribution in [2.45, 2.75) is 62.3 Å². The summed E-state index contributed by atoms with van der Waals surface area (Å²) in [6.07, 6.45) is 10.1. The van der Waals surface area contributed by atoms with E-state index in [1.165, 1.54) is 19.3 Å². The minimum atomic E-state index is 0.0619. The van der Waals surface area contributed by atoms with Gasteiger partial charge in [0.2, 0.25) is 5.91 Å². The Morgan fingerprint density at radius 1 is 1.18 bits per heavy atom. The highest BCUT2D eigenvalue weighted by molar-refractivity contribution is 7.99. The lowest BCUT2D eigenvalue weighted by Crippen LogP contribution is -2.48. The summed E-state index contributed by atoms with van der Waals surface area (Å²) in [7, 11) is 0. The van der Waals surface area contributed by atoms with Gasteiger partial charge in [-0.3, -0.25) is 4.79 Å². The molecule has 1 amide bonds. The van der Waals surface area contributed by atoms with E-state index in [0.29, 0.717) is 11.3 Å². The molecule has 2 aliphatic rings. The molecule has 3 nitrogen and oxygen atoms in total. The van der Waals surface area contributed by atoms with Gasteiger partial charge in [-0.05, 0) is 31.9 Å². The second-order valence-corrected chi connectivity index (χ2v) is 6.45. The number of hydrogen-bond acceptors (Lipinski definition) is 3. The fourth-order valence-corrected chi connectivity index (χ4v) is 4.08. The second-order valence-electron chi connectivity index (χ2n) is 5.37. The Kier molecular flexibility index (Phi) is 4.74. The molecule has 17 heavy (non-hydrogen) atoms. The first-order chi connectivity index (χ1) is 8.22. The lowest BCUT2D eigenvalue weighted by atomic mass is 9.84. The largest absolute Gasteiger partial charge is 0.352 e. The minimum Gasteiger partial charge on any atom is -0.352 e. The summed E-state index contributed by atoms with van der Waals surface area (Å²) in [6, 6.07) is 0.463. The van der Waals surface area contributed by atoms with Gasteiger partial charge in [-0.1, -0.05) is 19.3 Å². The van der Waals surface area contributed by atoms with Crippen molar-refractivity contribution in [1.82, 2.24) is 5.32 Å². The minimum absolute atomic E-state index is 0.0619. The Labute approximate surface area is 108 Å². The molecule has 0 aromatic rings. The highest BCUT2D eigenvalue weighted by atomic mass is 32.2. The Bertz CT molecular complexity index is 272. The number of hydrogen-bond donors (Lipinski definition) is 2. The fraction of sp³-hybridized carbons (Fsp3) is 0.923. The van der Waals surface area contributed by atoms with E-state index < -0.39 is 0 Å². The third-order valence-electron chi connectivity index (χ3n) is 4.24. The number of rotatable bonds is 3. The van der Waals surface area contributed by atoms with Gasteiger partial charge in [-0.25, -0.2) is 0 Å². The Balaban J connectivity index is 1.87. The van der Waals surface area contributed by atoms with Gasteiger partial charge < -0.3 is 11.1 Å². The molecule has 2 rings (SSSR count). The number of carbonyl (C=O) groups is 1. The monoisotopic (exact) mass is 256 g/mol. The number of thioether (sulfide) groups is 1. The van der Waals surface area contributed by atoms with Gasteiger partial charge in [-0.2, -0.15) is 11.8 Å². The van der Waals surface area contributed by atoms with E-state index in [1.807, 2.05) is 11.8 Å². The molecule has 98 valence electrons. The maximum absolute atomic E-state index is 12.2. The first-order valence-electron chi connectivity index (χ1n) is 6.81. The van der Waals surface area contributed by atoms with Crippen LogP contribution in [0.1, 0.15) is 44.9 Å². The molecule has 3 N–H and O–H groups in total. The SMILES string of the molecule is CSC1CCCC1NC(=O)C1CCCCC1N. The maximum Gasteiger partial charge on any atom is 0.224 e. The first-order valence-corrected chi connectivity index (χ1v) is 8.10. The van der Waals surface area contributed by atoms with Crippen molar-refractivity contribution >= 4 is 17.7 Å². The molecule has 4 heteroatoms. The molecule has 0 radical (unpaired) electrons. The van der Waals surface area contributed by atoms with Crippen molar-refractivity contribution in [3.63, 3.8) is 0 Å². The van der Waals surface area contributed by atoms with Crippen LogP contribution in [-0.4, -0.2) is 29.5 Å². The highest BCUT2D eigenvalue weighted by Gasteiger charge is 2.33. The molecule has 0 aromatic carbocycles. The molecular weight excluding hydrogens is 232 g/mol. The standard InChI is InChI=1S/C13H24N2OS/c1-17-12-8-4-7-11(12)15-13(16)9-5-2-3-6-10(9)14/h9-12H,2-8,14H2,1H3,(H,15,16). The molecule has 2 aliphatic carbocycles. The average Bonchev–Trinajstić information content (AvgIpc) is 2.76. The predicted molar refractivity (Wildman–Crippen MR) is 73.0 cm³/mol. The highest BCUT2D eigenvalue weighted by Crippen LogP contribution is 2.29. The Hall–Kier alpha value is -0.220. The van der Waals surface area contributed by atoms with Crippen LogP contribution in [0.5, 0.6) is 0 Å². The molecule has 2 saturated carbocycles. The van der Waals surface area contributed by atoms with E-state index >= 15 is 0 Å². The van der Waals surface area contributed by atoms with Gasteiger partial charge in [0, 0.05) is 17.3 Å². The fourth-order valence-electron chi connectivity index (χ4n) is 3.15. The molecule has 0 aromatic heterocycles. The van der Waals surface area contributed by atoms with Crippen LogP contribution in [-0.2, 0) is 4.79 Å². The Morgan fingerprint density at radius 3 is 2.65 bits per heavy atom. The van der Waals surface area contributed by atoms with E-state index in [-0.39, 0.29) is 17.9 Å². The smallest absolute Gasteiger partial charge is 0.224 e. The third-order valence-corrected chi connectivity index (χ3v) is 5.41. The van der Waals surface area contributed by atoms with Crippen LogP contribution in [0.3, 0.4) is 0 Å². The van der Waals surface area contributed by atoms with E-state index in [9.17, 15) is 4.79 Å². The lowest BCUT2D eigenvalue weighted by molar-refractivity contribution is -0.127. The van der Waals surface area contributed by atoms with Crippen LogP contribution in [0.25, 0.3) is 0 Å². The van der Waals surface area contributed by atoms with Crippen molar-refractivity contribution in [2.24, 2.45) is 11.7 Å². The van der Waals surface area contributed by atoms with Gasteiger partial charge in [0.1, 0.15) is 0 Å². The molecule has 0 aliphatic heterocycles. The van der Waals surface area contributed by atoms with Gasteiger partial charge in [0.25, 0.3) is 0 Å². The summed E-state index contributed by atoms with van der Waals surface area (Å²) in [5, 5.41) is 3.85. The van der Waals surface area contributed by atoms with E-state index in [2.05, 4.69) is 11.6 Å². The predicted octanol–water partition coefficient (Wildman–Crippen LogP) is 1.90. The zero-order chi connectivity index (χ0) is 12.3. The molecule has 0 heterocycles. The third kappa shape index (κ3) is 3.16. The van der Waals surface area contributed by atoms with Gasteiger partial charge in [-0.15, -0.1) is 0 Å². The van der Waals surface area contributed by atoms with Crippen molar-refractivity contribution in [2.75, 3.05) is 6.26 Å². The number of carbonyl (C=O) groups excluding carboxylic acids is 1. The van der Waals surface area contributed by atoms with Crippen LogP contribution in [0.2, 0.25) is 0 Å². The zero-order valence-corrected chi connectivity index (χ0v) is 11.5. The van der Waals surface area contributed by atoms with Crippen molar-refractivity contribution in [1.29, 1.82) is 0 Å². The van der Waals surface area contributed by atoms with Crippen LogP contribution >= 0.6 is 11.8 Å². The van der Waals surface area contributed by atoms with E-state index in [4.69, 9.17) is 5.73 Å². The molecule has 4 unspecified atom stereocenters. The lowest BCUT2D eigenvalue weighted by Gasteiger charge is -2.29. The summed E-state index contributed by atoms with van der Waals surface area (Å²) in [6.45, 7) is 0. The van der Waals surface area contributed by atoms with Crippen molar-refractivity contribution < 1.29 is 4.79 Å². The molecule has 0 bridgehead atoms. The summed E-state index contributed by atoms with van der Waals surface area (Å²) in [5.41, 5.74) is 6.06.